The van der Waals surface area contributed by atoms with Gasteiger partial charge < -0.3 is 29.8 Å². The molecule has 2 aromatic heterocycles. The van der Waals surface area contributed by atoms with E-state index in [0.717, 1.165) is 74.1 Å². The molecule has 0 saturated carbocycles. The van der Waals surface area contributed by atoms with E-state index in [-0.39, 0.29) is 18.1 Å². The van der Waals surface area contributed by atoms with E-state index in [1.807, 2.05) is 30.5 Å². The maximum Gasteiger partial charge on any atom is 0.274 e. The molecule has 2 atom stereocenters. The second-order valence-electron chi connectivity index (χ2n) is 11.6. The van der Waals surface area contributed by atoms with Gasteiger partial charge in [-0.05, 0) is 62.1 Å². The third-order valence-electron chi connectivity index (χ3n) is 9.13. The van der Waals surface area contributed by atoms with Crippen LogP contribution in [0.15, 0.2) is 58.2 Å². The van der Waals surface area contributed by atoms with Gasteiger partial charge in [0.2, 0.25) is 0 Å². The standard InChI is InChI=1S/C32H36N6O3/c1-36-18-22(13-27(32(36)41)35-30-14-21-16-33-10-8-20(21)17-34-30)24-6-4-7-28(26(24)19-39)38-12-9-29-25(31(38)40)15-23-5-2-3-11-37(23)29/h4,6-7,13-15,17-18,20-21,33,35,39H,2-3,5,8-12,16,19H2,1H3. The number of aryl methyl sites for hydroxylation is 2. The van der Waals surface area contributed by atoms with Gasteiger partial charge in [0.1, 0.15) is 11.5 Å². The number of aliphatic imine (C=N–C) groups is 1. The largest absolute Gasteiger partial charge is 0.392 e. The number of anilines is 2. The van der Waals surface area contributed by atoms with Gasteiger partial charge in [-0.25, -0.2) is 4.99 Å². The van der Waals surface area contributed by atoms with Crippen molar-refractivity contribution in [3.05, 3.63) is 81.3 Å². The van der Waals surface area contributed by atoms with E-state index in [9.17, 15) is 14.7 Å². The fourth-order valence-electron chi connectivity index (χ4n) is 6.97. The van der Waals surface area contributed by atoms with Gasteiger partial charge in [0.25, 0.3) is 11.5 Å². The van der Waals surface area contributed by atoms with E-state index in [1.54, 1.807) is 22.7 Å². The smallest absolute Gasteiger partial charge is 0.274 e. The monoisotopic (exact) mass is 552 g/mol. The van der Waals surface area contributed by atoms with Crippen molar-refractivity contribution < 1.29 is 9.90 Å². The number of hydrogen-bond donors (Lipinski definition) is 3. The van der Waals surface area contributed by atoms with Crippen LogP contribution in [0.25, 0.3) is 11.1 Å². The minimum Gasteiger partial charge on any atom is -0.392 e. The number of rotatable bonds is 5. The maximum atomic E-state index is 13.8. The topological polar surface area (TPSA) is 104 Å². The Bertz CT molecular complexity index is 1650. The molecule has 1 aromatic carbocycles. The summed E-state index contributed by atoms with van der Waals surface area (Å²) in [4.78, 5) is 33.3. The molecule has 3 N–H and O–H groups in total. The van der Waals surface area contributed by atoms with Crippen molar-refractivity contribution in [2.24, 2.45) is 23.9 Å². The highest BCUT2D eigenvalue weighted by Gasteiger charge is 2.32. The molecular weight excluding hydrogens is 516 g/mol. The first kappa shape index (κ1) is 26.0. The minimum atomic E-state index is -0.231. The zero-order chi connectivity index (χ0) is 28.1. The molecule has 2 unspecified atom stereocenters. The predicted molar refractivity (Wildman–Crippen MR) is 160 cm³/mol. The number of amides is 1. The highest BCUT2D eigenvalue weighted by Crippen LogP contribution is 2.36. The summed E-state index contributed by atoms with van der Waals surface area (Å²) >= 11 is 0. The van der Waals surface area contributed by atoms with Crippen LogP contribution in [-0.4, -0.2) is 46.0 Å². The van der Waals surface area contributed by atoms with Gasteiger partial charge in [0.15, 0.2) is 0 Å². The van der Waals surface area contributed by atoms with Crippen molar-refractivity contribution in [3.63, 3.8) is 0 Å². The van der Waals surface area contributed by atoms with Gasteiger partial charge in [-0.1, -0.05) is 12.1 Å². The Morgan fingerprint density at radius 3 is 2.88 bits per heavy atom. The number of aromatic nitrogens is 2. The van der Waals surface area contributed by atoms with Crippen molar-refractivity contribution in [2.45, 2.75) is 45.3 Å². The molecule has 0 bridgehead atoms. The Morgan fingerprint density at radius 2 is 2.00 bits per heavy atom. The number of aliphatic hydroxyl groups excluding tert-OH is 1. The molecule has 4 aliphatic rings. The summed E-state index contributed by atoms with van der Waals surface area (Å²) < 4.78 is 3.89. The van der Waals surface area contributed by atoms with E-state index < -0.39 is 0 Å². The third kappa shape index (κ3) is 4.53. The lowest BCUT2D eigenvalue weighted by molar-refractivity contribution is 0.0979. The molecule has 0 aliphatic carbocycles. The van der Waals surface area contributed by atoms with Crippen LogP contribution in [0.4, 0.5) is 11.4 Å². The van der Waals surface area contributed by atoms with Crippen LogP contribution in [0.3, 0.4) is 0 Å². The first-order chi connectivity index (χ1) is 20.0. The van der Waals surface area contributed by atoms with Crippen LogP contribution in [0, 0.1) is 11.8 Å². The lowest BCUT2D eigenvalue weighted by atomic mass is 9.86. The Kier molecular flexibility index (Phi) is 6.63. The number of carbonyl (C=O) groups excluding carboxylic acids is 1. The summed E-state index contributed by atoms with van der Waals surface area (Å²) in [7, 11) is 1.73. The van der Waals surface area contributed by atoms with Crippen LogP contribution < -0.4 is 21.1 Å². The number of aliphatic hydroxyl groups is 1. The lowest BCUT2D eigenvalue weighted by Crippen LogP contribution is -2.38. The van der Waals surface area contributed by atoms with Gasteiger partial charge in [-0.15, -0.1) is 0 Å². The Hall–Kier alpha value is -3.95. The molecule has 1 amide bonds. The van der Waals surface area contributed by atoms with E-state index in [4.69, 9.17) is 0 Å². The van der Waals surface area contributed by atoms with Crippen LogP contribution in [0.5, 0.6) is 0 Å². The predicted octanol–water partition coefficient (Wildman–Crippen LogP) is 3.45. The van der Waals surface area contributed by atoms with Gasteiger partial charge >= 0.3 is 0 Å². The summed E-state index contributed by atoms with van der Waals surface area (Å²) in [5.41, 5.74) is 6.39. The van der Waals surface area contributed by atoms with E-state index in [2.05, 4.69) is 32.3 Å². The highest BCUT2D eigenvalue weighted by atomic mass is 16.3. The highest BCUT2D eigenvalue weighted by molar-refractivity contribution is 6.09. The zero-order valence-electron chi connectivity index (χ0n) is 23.4. The SMILES string of the molecule is Cn1cc(-c2cccc(N3CCc4c(cc5n4CCCC5)C3=O)c2CO)cc(NC2=CC3CNCCC3C=N2)c1=O. The lowest BCUT2D eigenvalue weighted by Gasteiger charge is -2.31. The van der Waals surface area contributed by atoms with Gasteiger partial charge in [0.05, 0.1) is 17.9 Å². The molecule has 3 aromatic rings. The maximum absolute atomic E-state index is 13.8. The average molecular weight is 553 g/mol. The summed E-state index contributed by atoms with van der Waals surface area (Å²) in [5.74, 6) is 1.44. The molecule has 1 fully saturated rings. The number of fused-ring (bicyclic) bond motifs is 4. The van der Waals surface area contributed by atoms with Crippen molar-refractivity contribution in [1.29, 1.82) is 0 Å². The number of piperidine rings is 1. The molecule has 9 heteroatoms. The van der Waals surface area contributed by atoms with Gasteiger partial charge in [-0.2, -0.15) is 0 Å². The summed E-state index contributed by atoms with van der Waals surface area (Å²) in [5, 5.41) is 17.3. The second-order valence-corrected chi connectivity index (χ2v) is 11.6. The first-order valence-electron chi connectivity index (χ1n) is 14.7. The first-order valence-corrected chi connectivity index (χ1v) is 14.7. The minimum absolute atomic E-state index is 0.0135. The van der Waals surface area contributed by atoms with Crippen LogP contribution in [0.1, 0.15) is 46.6 Å². The van der Waals surface area contributed by atoms with Crippen LogP contribution in [0.2, 0.25) is 0 Å². The van der Waals surface area contributed by atoms with E-state index >= 15 is 0 Å². The average Bonchev–Trinajstić information content (AvgIpc) is 3.39. The van der Waals surface area contributed by atoms with Crippen LogP contribution >= 0.6 is 0 Å². The third-order valence-corrected chi connectivity index (χ3v) is 9.13. The van der Waals surface area contributed by atoms with Gasteiger partial charge in [0, 0.05) is 79.9 Å². The summed E-state index contributed by atoms with van der Waals surface area (Å²) in [6, 6.07) is 9.65. The number of carbonyl (C=O) groups is 1. The molecule has 212 valence electrons. The van der Waals surface area contributed by atoms with Crippen molar-refractivity contribution >= 4 is 23.5 Å². The Morgan fingerprint density at radius 1 is 1.10 bits per heavy atom. The molecule has 0 spiro atoms. The molecular formula is C32H36N6O3. The number of benzene rings is 1. The van der Waals surface area contributed by atoms with Crippen molar-refractivity contribution in [3.8, 4) is 11.1 Å². The Balaban J connectivity index is 1.22. The summed E-state index contributed by atoms with van der Waals surface area (Å²) in [6.45, 7) is 3.21. The molecule has 6 heterocycles. The molecule has 4 aliphatic heterocycles. The zero-order valence-corrected chi connectivity index (χ0v) is 23.4. The summed E-state index contributed by atoms with van der Waals surface area (Å²) in [6.07, 6.45) is 11.1. The normalized spacial score (nSPS) is 21.7. The fraction of sp³-hybridized carbons (Fsp3) is 0.406. The van der Waals surface area contributed by atoms with Crippen molar-refractivity contribution in [2.75, 3.05) is 29.9 Å². The quantitative estimate of drug-likeness (QED) is 0.450. The molecule has 0 radical (unpaired) electrons. The number of nitrogens with one attached hydrogen (secondary N) is 2. The van der Waals surface area contributed by atoms with E-state index in [1.165, 1.54) is 5.69 Å². The van der Waals surface area contributed by atoms with E-state index in [0.29, 0.717) is 41.1 Å². The fourth-order valence-corrected chi connectivity index (χ4v) is 6.97. The van der Waals surface area contributed by atoms with Crippen molar-refractivity contribution in [1.82, 2.24) is 14.5 Å². The number of hydrogen-bond acceptors (Lipinski definition) is 6. The number of nitrogens with zero attached hydrogens (tertiary/aromatic N) is 4. The molecule has 9 nitrogen and oxygen atoms in total. The second kappa shape index (κ2) is 10.5. The van der Waals surface area contributed by atoms with Gasteiger partial charge in [-0.3, -0.25) is 9.59 Å². The number of pyridine rings is 1. The molecule has 41 heavy (non-hydrogen) atoms. The Labute approximate surface area is 239 Å². The molecule has 1 saturated heterocycles. The van der Waals surface area contributed by atoms with Crippen LogP contribution in [-0.2, 0) is 33.0 Å². The molecule has 7 rings (SSSR count).